The summed E-state index contributed by atoms with van der Waals surface area (Å²) in [7, 11) is 1.94. The van der Waals surface area contributed by atoms with Crippen molar-refractivity contribution in [3.8, 4) is 0 Å². The Kier molecular flexibility index (Phi) is 5.95. The van der Waals surface area contributed by atoms with Gasteiger partial charge in [0.05, 0.1) is 0 Å². The zero-order chi connectivity index (χ0) is 13.5. The summed E-state index contributed by atoms with van der Waals surface area (Å²) < 4.78 is 0. The van der Waals surface area contributed by atoms with E-state index in [9.17, 15) is 0 Å². The number of aliphatic imine (C=N–C) groups is 1. The molecule has 0 spiro atoms. The van der Waals surface area contributed by atoms with Gasteiger partial charge in [-0.15, -0.1) is 0 Å². The minimum atomic E-state index is 0.507. The lowest BCUT2D eigenvalue weighted by atomic mass is 10.2. The number of nitrogens with one attached hydrogen (secondary N) is 1. The Morgan fingerprint density at radius 3 is 2.78 bits per heavy atom. The smallest absolute Gasteiger partial charge is 0.208 e. The minimum Gasteiger partial charge on any atom is -0.341 e. The maximum absolute atomic E-state index is 5.96. The average molecular weight is 269 g/mol. The van der Waals surface area contributed by atoms with E-state index in [0.29, 0.717) is 18.4 Å². The predicted molar refractivity (Wildman–Crippen MR) is 77.4 cm³/mol. The van der Waals surface area contributed by atoms with Gasteiger partial charge in [0.2, 0.25) is 5.96 Å². The first kappa shape index (κ1) is 14.8. The molecule has 1 rings (SSSR count). The first-order valence-electron chi connectivity index (χ1n) is 5.99. The second kappa shape index (κ2) is 7.24. The molecule has 4 nitrogen and oxygen atoms in total. The van der Waals surface area contributed by atoms with Crippen molar-refractivity contribution in [3.05, 3.63) is 34.9 Å². The highest BCUT2D eigenvalue weighted by atomic mass is 35.5. The Morgan fingerprint density at radius 1 is 1.50 bits per heavy atom. The number of hydrazine groups is 1. The fraction of sp³-hybridized carbons (Fsp3) is 0.462. The van der Waals surface area contributed by atoms with Gasteiger partial charge in [-0.1, -0.05) is 37.6 Å². The van der Waals surface area contributed by atoms with Crippen LogP contribution in [0.1, 0.15) is 19.4 Å². The second-order valence-electron chi connectivity index (χ2n) is 4.69. The molecule has 0 aliphatic carbocycles. The van der Waals surface area contributed by atoms with E-state index in [2.05, 4.69) is 24.3 Å². The molecule has 0 saturated carbocycles. The van der Waals surface area contributed by atoms with E-state index in [1.165, 1.54) is 0 Å². The molecule has 1 aromatic carbocycles. The molecule has 3 N–H and O–H groups in total. The molecule has 0 fully saturated rings. The summed E-state index contributed by atoms with van der Waals surface area (Å²) in [5.41, 5.74) is 3.76. The summed E-state index contributed by atoms with van der Waals surface area (Å²) in [4.78, 5) is 6.40. The van der Waals surface area contributed by atoms with Gasteiger partial charge in [-0.05, 0) is 23.6 Å². The fourth-order valence-corrected chi connectivity index (χ4v) is 1.74. The van der Waals surface area contributed by atoms with Gasteiger partial charge in [0.15, 0.2) is 0 Å². The molecule has 0 atom stereocenters. The summed E-state index contributed by atoms with van der Waals surface area (Å²) >= 11 is 5.96. The lowest BCUT2D eigenvalue weighted by Gasteiger charge is -2.21. The van der Waals surface area contributed by atoms with Gasteiger partial charge in [-0.2, -0.15) is 0 Å². The molecule has 0 amide bonds. The molecule has 0 radical (unpaired) electrons. The molecule has 5 heteroatoms. The van der Waals surface area contributed by atoms with Crippen molar-refractivity contribution >= 4 is 17.6 Å². The van der Waals surface area contributed by atoms with E-state index in [1.54, 1.807) is 0 Å². The molecule has 0 heterocycles. The van der Waals surface area contributed by atoms with Crippen LogP contribution in [0.2, 0.25) is 5.02 Å². The molecule has 0 unspecified atom stereocenters. The number of benzene rings is 1. The number of halogens is 1. The highest BCUT2D eigenvalue weighted by Gasteiger charge is 2.06. The molecule has 1 aromatic rings. The average Bonchev–Trinajstić information content (AvgIpc) is 2.29. The largest absolute Gasteiger partial charge is 0.341 e. The SMILES string of the molecule is CC(C)CN=C(NN)N(C)Cc1cccc(Cl)c1. The van der Waals surface area contributed by atoms with Gasteiger partial charge < -0.3 is 4.90 Å². The lowest BCUT2D eigenvalue weighted by Crippen LogP contribution is -2.42. The van der Waals surface area contributed by atoms with Crippen molar-refractivity contribution in [1.82, 2.24) is 10.3 Å². The first-order valence-corrected chi connectivity index (χ1v) is 6.37. The first-order chi connectivity index (χ1) is 8.52. The Morgan fingerprint density at radius 2 is 2.22 bits per heavy atom. The van der Waals surface area contributed by atoms with Crippen LogP contribution < -0.4 is 11.3 Å². The van der Waals surface area contributed by atoms with E-state index in [1.807, 2.05) is 36.2 Å². The third-order valence-electron chi connectivity index (χ3n) is 2.41. The van der Waals surface area contributed by atoms with Crippen molar-refractivity contribution in [2.24, 2.45) is 16.8 Å². The number of guanidine groups is 1. The molecule has 0 aromatic heterocycles. The summed E-state index contributed by atoms with van der Waals surface area (Å²) in [5.74, 6) is 6.69. The van der Waals surface area contributed by atoms with Crippen molar-refractivity contribution in [2.75, 3.05) is 13.6 Å². The maximum Gasteiger partial charge on any atom is 0.208 e. The van der Waals surface area contributed by atoms with Gasteiger partial charge in [0.1, 0.15) is 0 Å². The quantitative estimate of drug-likeness (QED) is 0.381. The van der Waals surface area contributed by atoms with Crippen LogP contribution in [-0.4, -0.2) is 24.5 Å². The molecular weight excluding hydrogens is 248 g/mol. The van der Waals surface area contributed by atoms with Crippen LogP contribution in [0.15, 0.2) is 29.3 Å². The summed E-state index contributed by atoms with van der Waals surface area (Å²) in [5, 5.41) is 0.738. The van der Waals surface area contributed by atoms with E-state index in [-0.39, 0.29) is 0 Å². The van der Waals surface area contributed by atoms with Crippen LogP contribution in [0.25, 0.3) is 0 Å². The predicted octanol–water partition coefficient (Wildman–Crippen LogP) is 2.25. The van der Waals surface area contributed by atoms with Crippen LogP contribution in [0.3, 0.4) is 0 Å². The van der Waals surface area contributed by atoms with E-state index in [0.717, 1.165) is 17.1 Å². The Bertz CT molecular complexity index is 404. The van der Waals surface area contributed by atoms with Crippen molar-refractivity contribution in [2.45, 2.75) is 20.4 Å². The lowest BCUT2D eigenvalue weighted by molar-refractivity contribution is 0.474. The summed E-state index contributed by atoms with van der Waals surface area (Å²) in [6.07, 6.45) is 0. The van der Waals surface area contributed by atoms with Crippen LogP contribution >= 0.6 is 11.6 Å². The number of nitrogens with two attached hydrogens (primary N) is 1. The zero-order valence-electron chi connectivity index (χ0n) is 11.2. The van der Waals surface area contributed by atoms with Gasteiger partial charge >= 0.3 is 0 Å². The molecule has 0 saturated heterocycles. The number of hydrogen-bond acceptors (Lipinski definition) is 2. The molecule has 0 aliphatic heterocycles. The molecule has 100 valence electrons. The monoisotopic (exact) mass is 268 g/mol. The van der Waals surface area contributed by atoms with Crippen molar-refractivity contribution in [1.29, 1.82) is 0 Å². The second-order valence-corrected chi connectivity index (χ2v) is 5.12. The standard InChI is InChI=1S/C13H21ClN4/c1-10(2)8-16-13(17-15)18(3)9-11-5-4-6-12(14)7-11/h4-7,10H,8-9,15H2,1-3H3,(H,16,17). The molecule has 0 bridgehead atoms. The number of rotatable bonds is 4. The normalized spacial score (nSPS) is 11.8. The highest BCUT2D eigenvalue weighted by molar-refractivity contribution is 6.30. The number of hydrogen-bond donors (Lipinski definition) is 2. The van der Waals surface area contributed by atoms with Crippen LogP contribution in [-0.2, 0) is 6.54 Å². The van der Waals surface area contributed by atoms with Gasteiger partial charge in [-0.3, -0.25) is 10.4 Å². The Hall–Kier alpha value is -1.26. The van der Waals surface area contributed by atoms with Crippen LogP contribution in [0.5, 0.6) is 0 Å². The van der Waals surface area contributed by atoms with Gasteiger partial charge in [-0.25, -0.2) is 5.84 Å². The van der Waals surface area contributed by atoms with Crippen LogP contribution in [0.4, 0.5) is 0 Å². The summed E-state index contributed by atoms with van der Waals surface area (Å²) in [6, 6.07) is 7.76. The van der Waals surface area contributed by atoms with E-state index >= 15 is 0 Å². The maximum atomic E-state index is 5.96. The van der Waals surface area contributed by atoms with Crippen molar-refractivity contribution < 1.29 is 0 Å². The molecular formula is C13H21ClN4. The zero-order valence-corrected chi connectivity index (χ0v) is 11.9. The topological polar surface area (TPSA) is 53.6 Å². The summed E-state index contributed by atoms with van der Waals surface area (Å²) in [6.45, 7) is 5.70. The number of nitrogens with zero attached hydrogens (tertiary/aromatic N) is 2. The van der Waals surface area contributed by atoms with Crippen molar-refractivity contribution in [3.63, 3.8) is 0 Å². The third kappa shape index (κ3) is 4.94. The van der Waals surface area contributed by atoms with E-state index < -0.39 is 0 Å². The van der Waals surface area contributed by atoms with E-state index in [4.69, 9.17) is 17.4 Å². The Labute approximate surface area is 114 Å². The highest BCUT2D eigenvalue weighted by Crippen LogP contribution is 2.12. The molecule has 0 aliphatic rings. The third-order valence-corrected chi connectivity index (χ3v) is 2.64. The van der Waals surface area contributed by atoms with Gasteiger partial charge in [0.25, 0.3) is 0 Å². The Balaban J connectivity index is 2.67. The van der Waals surface area contributed by atoms with Crippen LogP contribution in [0, 0.1) is 5.92 Å². The van der Waals surface area contributed by atoms with Gasteiger partial charge in [0, 0.05) is 25.2 Å². The fourth-order valence-electron chi connectivity index (χ4n) is 1.53. The molecule has 18 heavy (non-hydrogen) atoms. The minimum absolute atomic E-state index is 0.507.